The summed E-state index contributed by atoms with van der Waals surface area (Å²) in [4.78, 5) is 0. The predicted molar refractivity (Wildman–Crippen MR) is 71.3 cm³/mol. The molecule has 0 aromatic heterocycles. The van der Waals surface area contributed by atoms with Crippen LogP contribution in [0.25, 0.3) is 0 Å². The molecule has 2 nitrogen and oxygen atoms in total. The molecule has 0 aliphatic heterocycles. The van der Waals surface area contributed by atoms with Gasteiger partial charge in [-0.2, -0.15) is 0 Å². The molecule has 0 unspecified atom stereocenters. The Labute approximate surface area is 102 Å². The molecule has 0 radical (unpaired) electrons. The maximum atomic E-state index is 6.02. The van der Waals surface area contributed by atoms with E-state index in [1.165, 1.54) is 5.56 Å². The van der Waals surface area contributed by atoms with Gasteiger partial charge in [0.1, 0.15) is 5.75 Å². The Balaban J connectivity index is 2.17. The number of benzene rings is 2. The van der Waals surface area contributed by atoms with Crippen LogP contribution in [0, 0.1) is 0 Å². The Bertz CT molecular complexity index is 480. The molecule has 2 rings (SSSR count). The van der Waals surface area contributed by atoms with Crippen LogP contribution in [0.15, 0.2) is 48.5 Å². The summed E-state index contributed by atoms with van der Waals surface area (Å²) in [7, 11) is 0. The number of anilines is 1. The molecule has 2 heteroatoms. The number of ether oxygens (including phenoxy) is 1. The number of nitrogen functional groups attached to an aromatic ring is 1. The number of hydrogen-bond acceptors (Lipinski definition) is 2. The molecule has 0 heterocycles. The van der Waals surface area contributed by atoms with Crippen LogP contribution in [0.5, 0.6) is 5.75 Å². The van der Waals surface area contributed by atoms with E-state index in [4.69, 9.17) is 10.5 Å². The van der Waals surface area contributed by atoms with Crippen LogP contribution in [0.2, 0.25) is 0 Å². The van der Waals surface area contributed by atoms with Crippen molar-refractivity contribution in [3.05, 3.63) is 59.7 Å². The summed E-state index contributed by atoms with van der Waals surface area (Å²) in [6, 6.07) is 16.2. The van der Waals surface area contributed by atoms with Crippen molar-refractivity contribution in [3.8, 4) is 5.75 Å². The van der Waals surface area contributed by atoms with E-state index in [1.54, 1.807) is 0 Å². The molecule has 2 N–H and O–H groups in total. The lowest BCUT2D eigenvalue weighted by Crippen LogP contribution is -1.98. The monoisotopic (exact) mass is 227 g/mol. The molecule has 0 bridgehead atoms. The molecule has 17 heavy (non-hydrogen) atoms. The molecule has 0 aliphatic rings. The molecular weight excluding hydrogens is 210 g/mol. The van der Waals surface area contributed by atoms with Crippen LogP contribution < -0.4 is 10.5 Å². The highest BCUT2D eigenvalue weighted by molar-refractivity contribution is 5.53. The highest BCUT2D eigenvalue weighted by Crippen LogP contribution is 2.22. The first-order valence-corrected chi connectivity index (χ1v) is 5.84. The minimum absolute atomic E-state index is 0.664. The third-order valence-electron chi connectivity index (χ3n) is 2.67. The Morgan fingerprint density at radius 2 is 1.82 bits per heavy atom. The van der Waals surface area contributed by atoms with Gasteiger partial charge in [0, 0.05) is 11.8 Å². The van der Waals surface area contributed by atoms with Gasteiger partial charge in [-0.15, -0.1) is 0 Å². The summed E-state index contributed by atoms with van der Waals surface area (Å²) in [6.45, 7) is 2.63. The third kappa shape index (κ3) is 3.00. The molecular formula is C15H17NO. The highest BCUT2D eigenvalue weighted by Gasteiger charge is 2.02. The van der Waals surface area contributed by atoms with Crippen LogP contribution in [0.3, 0.4) is 0 Å². The largest absolute Gasteiger partial charge is 0.494 e. The molecule has 0 aliphatic carbocycles. The Hall–Kier alpha value is -1.96. The average molecular weight is 227 g/mol. The van der Waals surface area contributed by atoms with Crippen molar-refractivity contribution in [1.29, 1.82) is 0 Å². The van der Waals surface area contributed by atoms with E-state index in [9.17, 15) is 0 Å². The summed E-state index contributed by atoms with van der Waals surface area (Å²) in [6.07, 6.45) is 0.860. The van der Waals surface area contributed by atoms with Gasteiger partial charge in [-0.1, -0.05) is 36.4 Å². The van der Waals surface area contributed by atoms with Crippen LogP contribution in [0.1, 0.15) is 18.1 Å². The Morgan fingerprint density at radius 3 is 2.47 bits per heavy atom. The molecule has 0 atom stereocenters. The fourth-order valence-corrected chi connectivity index (χ4v) is 1.81. The van der Waals surface area contributed by atoms with E-state index in [0.29, 0.717) is 6.61 Å². The second kappa shape index (κ2) is 5.39. The second-order valence-corrected chi connectivity index (χ2v) is 3.96. The summed E-state index contributed by atoms with van der Waals surface area (Å²) < 4.78 is 5.41. The van der Waals surface area contributed by atoms with Gasteiger partial charge in [0.05, 0.1) is 6.61 Å². The fraction of sp³-hybridized carbons (Fsp3) is 0.200. The zero-order valence-electron chi connectivity index (χ0n) is 10.0. The first-order valence-electron chi connectivity index (χ1n) is 5.84. The minimum atomic E-state index is 0.664. The lowest BCUT2D eigenvalue weighted by molar-refractivity contribution is 0.340. The molecule has 0 amide bonds. The van der Waals surface area contributed by atoms with Gasteiger partial charge < -0.3 is 10.5 Å². The van der Waals surface area contributed by atoms with Crippen molar-refractivity contribution in [2.45, 2.75) is 13.3 Å². The van der Waals surface area contributed by atoms with Gasteiger partial charge in [-0.3, -0.25) is 0 Å². The summed E-state index contributed by atoms with van der Waals surface area (Å²) in [5.41, 5.74) is 9.22. The minimum Gasteiger partial charge on any atom is -0.494 e. The molecule has 0 saturated heterocycles. The summed E-state index contributed by atoms with van der Waals surface area (Å²) in [5.74, 6) is 0.835. The van der Waals surface area contributed by atoms with Crippen molar-refractivity contribution in [2.24, 2.45) is 0 Å². The van der Waals surface area contributed by atoms with Crippen LogP contribution >= 0.6 is 0 Å². The second-order valence-electron chi connectivity index (χ2n) is 3.96. The standard InChI is InChI=1S/C15H17NO/c1-2-17-14-9-8-13(15(16)11-14)10-12-6-4-3-5-7-12/h3-9,11H,2,10,16H2,1H3. The molecule has 2 aromatic rings. The first kappa shape index (κ1) is 11.5. The topological polar surface area (TPSA) is 35.2 Å². The van der Waals surface area contributed by atoms with Crippen LogP contribution in [0.4, 0.5) is 5.69 Å². The van der Waals surface area contributed by atoms with Crippen LogP contribution in [-0.4, -0.2) is 6.61 Å². The zero-order chi connectivity index (χ0) is 12.1. The number of rotatable bonds is 4. The fourth-order valence-electron chi connectivity index (χ4n) is 1.81. The van der Waals surface area contributed by atoms with E-state index in [0.717, 1.165) is 23.4 Å². The lowest BCUT2D eigenvalue weighted by atomic mass is 10.0. The average Bonchev–Trinajstić information content (AvgIpc) is 2.34. The van der Waals surface area contributed by atoms with E-state index in [-0.39, 0.29) is 0 Å². The van der Waals surface area contributed by atoms with E-state index in [2.05, 4.69) is 12.1 Å². The van der Waals surface area contributed by atoms with Gasteiger partial charge in [0.2, 0.25) is 0 Å². The maximum Gasteiger partial charge on any atom is 0.121 e. The molecule has 2 aromatic carbocycles. The van der Waals surface area contributed by atoms with Gasteiger partial charge in [0.25, 0.3) is 0 Å². The van der Waals surface area contributed by atoms with Crippen LogP contribution in [-0.2, 0) is 6.42 Å². The molecule has 88 valence electrons. The van der Waals surface area contributed by atoms with Crippen molar-refractivity contribution in [1.82, 2.24) is 0 Å². The third-order valence-corrected chi connectivity index (χ3v) is 2.67. The van der Waals surface area contributed by atoms with E-state index < -0.39 is 0 Å². The van der Waals surface area contributed by atoms with E-state index in [1.807, 2.05) is 43.3 Å². The Morgan fingerprint density at radius 1 is 1.06 bits per heavy atom. The first-order chi connectivity index (χ1) is 8.29. The summed E-state index contributed by atoms with van der Waals surface area (Å²) >= 11 is 0. The van der Waals surface area contributed by atoms with Gasteiger partial charge in [-0.05, 0) is 30.5 Å². The molecule has 0 saturated carbocycles. The van der Waals surface area contributed by atoms with Crippen molar-refractivity contribution < 1.29 is 4.74 Å². The van der Waals surface area contributed by atoms with Gasteiger partial charge >= 0.3 is 0 Å². The van der Waals surface area contributed by atoms with Gasteiger partial charge in [0.15, 0.2) is 0 Å². The number of nitrogens with two attached hydrogens (primary N) is 1. The highest BCUT2D eigenvalue weighted by atomic mass is 16.5. The van der Waals surface area contributed by atoms with E-state index >= 15 is 0 Å². The quantitative estimate of drug-likeness (QED) is 0.814. The summed E-state index contributed by atoms with van der Waals surface area (Å²) in [5, 5.41) is 0. The predicted octanol–water partition coefficient (Wildman–Crippen LogP) is 3.26. The smallest absolute Gasteiger partial charge is 0.121 e. The zero-order valence-corrected chi connectivity index (χ0v) is 10.0. The Kier molecular flexibility index (Phi) is 3.66. The lowest BCUT2D eigenvalue weighted by Gasteiger charge is -2.09. The van der Waals surface area contributed by atoms with Crippen molar-refractivity contribution >= 4 is 5.69 Å². The van der Waals surface area contributed by atoms with Crippen molar-refractivity contribution in [3.63, 3.8) is 0 Å². The maximum absolute atomic E-state index is 6.02. The molecule has 0 spiro atoms. The SMILES string of the molecule is CCOc1ccc(Cc2ccccc2)c(N)c1. The molecule has 0 fully saturated rings. The normalized spacial score (nSPS) is 10.2. The van der Waals surface area contributed by atoms with Gasteiger partial charge in [-0.25, -0.2) is 0 Å². The van der Waals surface area contributed by atoms with Crippen molar-refractivity contribution in [2.75, 3.05) is 12.3 Å². The number of hydrogen-bond donors (Lipinski definition) is 1.